The molecule has 134 valence electrons. The van der Waals surface area contributed by atoms with E-state index in [9.17, 15) is 9.90 Å². The molecule has 0 spiro atoms. The van der Waals surface area contributed by atoms with Crippen molar-refractivity contribution in [3.63, 3.8) is 0 Å². The van der Waals surface area contributed by atoms with Crippen molar-refractivity contribution in [1.29, 1.82) is 0 Å². The molecule has 0 radical (unpaired) electrons. The van der Waals surface area contributed by atoms with E-state index in [4.69, 9.17) is 4.42 Å². The highest BCUT2D eigenvalue weighted by atomic mass is 16.4. The number of aliphatic hydroxyl groups is 1. The van der Waals surface area contributed by atoms with Gasteiger partial charge in [0.25, 0.3) is 0 Å². The molecule has 2 heterocycles. The molecule has 3 atom stereocenters. The number of likely N-dealkylation sites (tertiary alicyclic amines) is 1. The zero-order chi connectivity index (χ0) is 18.0. The Morgan fingerprint density at radius 2 is 2.00 bits per heavy atom. The second kappa shape index (κ2) is 7.02. The van der Waals surface area contributed by atoms with Gasteiger partial charge < -0.3 is 19.7 Å². The van der Waals surface area contributed by atoms with E-state index in [-0.39, 0.29) is 18.0 Å². The molecule has 1 amide bonds. The largest absolute Gasteiger partial charge is 0.463 e. The molecule has 2 N–H and O–H groups in total. The summed E-state index contributed by atoms with van der Waals surface area (Å²) in [6.07, 6.45) is 0.446. The van der Waals surface area contributed by atoms with Crippen LogP contribution in [0.1, 0.15) is 37.4 Å². The Hall–Kier alpha value is -2.11. The first-order chi connectivity index (χ1) is 11.9. The number of hydrogen-bond acceptors (Lipinski definition) is 4. The summed E-state index contributed by atoms with van der Waals surface area (Å²) in [6.45, 7) is 6.58. The van der Waals surface area contributed by atoms with Gasteiger partial charge in [-0.15, -0.1) is 0 Å². The van der Waals surface area contributed by atoms with E-state index < -0.39 is 5.60 Å². The fourth-order valence-electron chi connectivity index (χ4n) is 3.32. The van der Waals surface area contributed by atoms with Gasteiger partial charge in [0.2, 0.25) is 5.91 Å². The quantitative estimate of drug-likeness (QED) is 0.847. The summed E-state index contributed by atoms with van der Waals surface area (Å²) in [4.78, 5) is 14.3. The zero-order valence-corrected chi connectivity index (χ0v) is 15.0. The van der Waals surface area contributed by atoms with Crippen LogP contribution in [0.2, 0.25) is 0 Å². The van der Waals surface area contributed by atoms with Gasteiger partial charge in [-0.1, -0.05) is 30.3 Å². The lowest BCUT2D eigenvalue weighted by atomic mass is 10.0. The molecule has 5 heteroatoms. The van der Waals surface area contributed by atoms with E-state index in [1.54, 1.807) is 13.0 Å². The van der Waals surface area contributed by atoms with Gasteiger partial charge in [-0.05, 0) is 38.5 Å². The third-order valence-corrected chi connectivity index (χ3v) is 4.96. The maximum Gasteiger partial charge on any atom is 0.224 e. The van der Waals surface area contributed by atoms with Gasteiger partial charge in [0.15, 0.2) is 0 Å². The Morgan fingerprint density at radius 3 is 2.64 bits per heavy atom. The van der Waals surface area contributed by atoms with Gasteiger partial charge in [-0.2, -0.15) is 0 Å². The van der Waals surface area contributed by atoms with Crippen LogP contribution in [-0.2, 0) is 16.9 Å². The number of amides is 1. The molecule has 0 aliphatic carbocycles. The molecule has 25 heavy (non-hydrogen) atoms. The molecule has 1 fully saturated rings. The molecular weight excluding hydrogens is 316 g/mol. The lowest BCUT2D eigenvalue weighted by molar-refractivity contribution is -0.129. The number of furan rings is 1. The fourth-order valence-corrected chi connectivity index (χ4v) is 3.32. The van der Waals surface area contributed by atoms with E-state index in [2.05, 4.69) is 12.2 Å². The third kappa shape index (κ3) is 3.94. The number of aryl methyl sites for hydroxylation is 1. The maximum absolute atomic E-state index is 12.4. The van der Waals surface area contributed by atoms with Gasteiger partial charge in [-0.25, -0.2) is 0 Å². The highest BCUT2D eigenvalue weighted by molar-refractivity contribution is 5.80. The molecule has 1 aromatic heterocycles. The molecule has 1 aromatic carbocycles. The van der Waals surface area contributed by atoms with Crippen LogP contribution in [0.15, 0.2) is 46.9 Å². The first-order valence-electron chi connectivity index (χ1n) is 8.73. The van der Waals surface area contributed by atoms with Crippen LogP contribution in [0.3, 0.4) is 0 Å². The number of benzene rings is 1. The van der Waals surface area contributed by atoms with Gasteiger partial charge >= 0.3 is 0 Å². The molecule has 0 bridgehead atoms. The number of carbonyl (C=O) groups excluding carboxylic acids is 1. The van der Waals surface area contributed by atoms with E-state index in [1.807, 2.05) is 48.2 Å². The average molecular weight is 342 g/mol. The molecule has 5 nitrogen and oxygen atoms in total. The minimum Gasteiger partial charge on any atom is -0.463 e. The predicted molar refractivity (Wildman–Crippen MR) is 95.9 cm³/mol. The van der Waals surface area contributed by atoms with E-state index >= 15 is 0 Å². The summed E-state index contributed by atoms with van der Waals surface area (Å²) in [6, 6.07) is 13.7. The molecule has 1 aliphatic rings. The van der Waals surface area contributed by atoms with Crippen molar-refractivity contribution >= 4 is 5.91 Å². The van der Waals surface area contributed by atoms with Crippen LogP contribution in [-0.4, -0.2) is 34.5 Å². The second-order valence-electron chi connectivity index (χ2n) is 7.12. The molecule has 1 saturated heterocycles. The summed E-state index contributed by atoms with van der Waals surface area (Å²) < 4.78 is 5.54. The fraction of sp³-hybridized carbons (Fsp3) is 0.450. The minimum atomic E-state index is -1.11. The van der Waals surface area contributed by atoms with E-state index in [0.717, 1.165) is 11.3 Å². The molecule has 3 rings (SSSR count). The van der Waals surface area contributed by atoms with Gasteiger partial charge in [0.1, 0.15) is 17.1 Å². The Labute approximate surface area is 148 Å². The van der Waals surface area contributed by atoms with Gasteiger partial charge in [0, 0.05) is 31.6 Å². The number of hydrogen-bond donors (Lipinski definition) is 2. The lowest BCUT2D eigenvalue weighted by Crippen LogP contribution is -2.45. The SMILES string of the molecule is Cc1ccc(C(C)(O)CNC2CC(=O)N(Cc3ccccc3)C2C)o1. The van der Waals surface area contributed by atoms with Crippen LogP contribution >= 0.6 is 0 Å². The summed E-state index contributed by atoms with van der Waals surface area (Å²) in [5, 5.41) is 14.0. The first-order valence-corrected chi connectivity index (χ1v) is 8.73. The summed E-state index contributed by atoms with van der Waals surface area (Å²) in [7, 11) is 0. The van der Waals surface area contributed by atoms with Crippen LogP contribution in [0.5, 0.6) is 0 Å². The standard InChI is InChI=1S/C20H26N2O3/c1-14-9-10-18(25-14)20(3,24)13-21-17-11-19(23)22(15(17)2)12-16-7-5-4-6-8-16/h4-10,15,17,21,24H,11-13H2,1-3H3. The summed E-state index contributed by atoms with van der Waals surface area (Å²) in [5.41, 5.74) is 0.0190. The Bertz CT molecular complexity index is 724. The van der Waals surface area contributed by atoms with Crippen molar-refractivity contribution in [1.82, 2.24) is 10.2 Å². The summed E-state index contributed by atoms with van der Waals surface area (Å²) in [5.74, 6) is 1.45. The van der Waals surface area contributed by atoms with Crippen molar-refractivity contribution in [2.75, 3.05) is 6.54 Å². The summed E-state index contributed by atoms with van der Waals surface area (Å²) >= 11 is 0. The van der Waals surface area contributed by atoms with Crippen molar-refractivity contribution in [2.24, 2.45) is 0 Å². The number of nitrogens with one attached hydrogen (secondary N) is 1. The monoisotopic (exact) mass is 342 g/mol. The van der Waals surface area contributed by atoms with Crippen LogP contribution < -0.4 is 5.32 Å². The van der Waals surface area contributed by atoms with Crippen molar-refractivity contribution in [2.45, 2.75) is 51.4 Å². The van der Waals surface area contributed by atoms with Crippen LogP contribution in [0, 0.1) is 6.92 Å². The number of carbonyl (C=O) groups is 1. The van der Waals surface area contributed by atoms with E-state index in [0.29, 0.717) is 25.3 Å². The molecule has 1 aliphatic heterocycles. The van der Waals surface area contributed by atoms with Gasteiger partial charge in [-0.3, -0.25) is 4.79 Å². The Morgan fingerprint density at radius 1 is 1.28 bits per heavy atom. The Kier molecular flexibility index (Phi) is 4.97. The van der Waals surface area contributed by atoms with Gasteiger partial charge in [0.05, 0.1) is 0 Å². The first kappa shape index (κ1) is 17.7. The molecule has 0 saturated carbocycles. The topological polar surface area (TPSA) is 65.7 Å². The highest BCUT2D eigenvalue weighted by Crippen LogP contribution is 2.25. The third-order valence-electron chi connectivity index (χ3n) is 4.96. The number of rotatable bonds is 6. The van der Waals surface area contributed by atoms with Crippen LogP contribution in [0.25, 0.3) is 0 Å². The molecule has 3 unspecified atom stereocenters. The Balaban J connectivity index is 1.61. The maximum atomic E-state index is 12.4. The van der Waals surface area contributed by atoms with E-state index in [1.165, 1.54) is 0 Å². The van der Waals surface area contributed by atoms with Crippen molar-refractivity contribution in [3.05, 3.63) is 59.5 Å². The van der Waals surface area contributed by atoms with Crippen molar-refractivity contribution in [3.8, 4) is 0 Å². The van der Waals surface area contributed by atoms with Crippen molar-refractivity contribution < 1.29 is 14.3 Å². The molecule has 2 aromatic rings. The van der Waals surface area contributed by atoms with Crippen LogP contribution in [0.4, 0.5) is 0 Å². The normalized spacial score (nSPS) is 23.0. The lowest BCUT2D eigenvalue weighted by Gasteiger charge is -2.28. The second-order valence-corrected chi connectivity index (χ2v) is 7.12. The predicted octanol–water partition coefficient (Wildman–Crippen LogP) is 2.57. The molecular formula is C20H26N2O3. The number of nitrogens with zero attached hydrogens (tertiary/aromatic N) is 1. The minimum absolute atomic E-state index is 0.0127. The average Bonchev–Trinajstić information content (AvgIpc) is 3.13. The zero-order valence-electron chi connectivity index (χ0n) is 15.0. The smallest absolute Gasteiger partial charge is 0.224 e. The highest BCUT2D eigenvalue weighted by Gasteiger charge is 2.38.